The first-order valence-corrected chi connectivity index (χ1v) is 7.71. The third-order valence-corrected chi connectivity index (χ3v) is 3.10. The van der Waals surface area contributed by atoms with Crippen LogP contribution in [0.4, 0.5) is 16.2 Å². The molecule has 0 aliphatic carbocycles. The van der Waals surface area contributed by atoms with Gasteiger partial charge in [-0.15, -0.1) is 0 Å². The Kier molecular flexibility index (Phi) is 6.19. The second-order valence-electron chi connectivity index (χ2n) is 4.81. The molecule has 0 saturated carbocycles. The third-order valence-electron chi connectivity index (χ3n) is 3.10. The smallest absolute Gasteiger partial charge is 0.411 e. The summed E-state index contributed by atoms with van der Waals surface area (Å²) >= 11 is 0. The summed E-state index contributed by atoms with van der Waals surface area (Å²) < 4.78 is 10.3. The van der Waals surface area contributed by atoms with Crippen molar-refractivity contribution in [2.24, 2.45) is 0 Å². The van der Waals surface area contributed by atoms with E-state index in [9.17, 15) is 9.59 Å². The second-order valence-corrected chi connectivity index (χ2v) is 4.81. The largest absolute Gasteiger partial charge is 0.493 e. The van der Waals surface area contributed by atoms with E-state index in [0.29, 0.717) is 35.9 Å². The number of para-hydroxylation sites is 1. The van der Waals surface area contributed by atoms with Crippen molar-refractivity contribution >= 4 is 23.4 Å². The fourth-order valence-corrected chi connectivity index (χ4v) is 2.06. The molecule has 0 heterocycles. The molecule has 126 valence electrons. The lowest BCUT2D eigenvalue weighted by Crippen LogP contribution is -2.14. The lowest BCUT2D eigenvalue weighted by molar-refractivity contribution is 0.102. The topological polar surface area (TPSA) is 76.7 Å². The number of carbonyl (C=O) groups excluding carboxylic acids is 2. The van der Waals surface area contributed by atoms with Crippen molar-refractivity contribution in [1.82, 2.24) is 0 Å². The van der Waals surface area contributed by atoms with Gasteiger partial charge in [0.25, 0.3) is 5.91 Å². The Hall–Kier alpha value is -3.02. The monoisotopic (exact) mass is 328 g/mol. The van der Waals surface area contributed by atoms with E-state index in [1.54, 1.807) is 49.4 Å². The molecule has 0 bridgehead atoms. The Morgan fingerprint density at radius 1 is 0.875 bits per heavy atom. The van der Waals surface area contributed by atoms with Crippen molar-refractivity contribution in [3.63, 3.8) is 0 Å². The fourth-order valence-electron chi connectivity index (χ4n) is 2.06. The highest BCUT2D eigenvalue weighted by atomic mass is 16.5. The summed E-state index contributed by atoms with van der Waals surface area (Å²) in [6.07, 6.45) is -0.514. The van der Waals surface area contributed by atoms with Crippen LogP contribution in [-0.4, -0.2) is 25.2 Å². The Bertz CT molecular complexity index is 698. The summed E-state index contributed by atoms with van der Waals surface area (Å²) in [6, 6.07) is 13.8. The number of amides is 2. The zero-order valence-electron chi connectivity index (χ0n) is 13.7. The van der Waals surface area contributed by atoms with Gasteiger partial charge >= 0.3 is 6.09 Å². The van der Waals surface area contributed by atoms with Crippen LogP contribution in [0.1, 0.15) is 24.2 Å². The highest BCUT2D eigenvalue weighted by Gasteiger charge is 2.12. The van der Waals surface area contributed by atoms with E-state index in [4.69, 9.17) is 9.47 Å². The summed E-state index contributed by atoms with van der Waals surface area (Å²) in [5.74, 6) is 0.281. The molecule has 2 aromatic rings. The minimum atomic E-state index is -0.514. The van der Waals surface area contributed by atoms with Crippen LogP contribution in [-0.2, 0) is 4.74 Å². The molecule has 2 rings (SSSR count). The zero-order chi connectivity index (χ0) is 17.4. The average Bonchev–Trinajstić information content (AvgIpc) is 2.57. The molecule has 6 heteroatoms. The van der Waals surface area contributed by atoms with E-state index in [0.717, 1.165) is 0 Å². The van der Waals surface area contributed by atoms with Crippen LogP contribution in [0.25, 0.3) is 0 Å². The van der Waals surface area contributed by atoms with E-state index in [1.807, 2.05) is 13.0 Å². The lowest BCUT2D eigenvalue weighted by atomic mass is 10.2. The normalized spacial score (nSPS) is 9.92. The fraction of sp³-hybridized carbons (Fsp3) is 0.222. The van der Waals surface area contributed by atoms with Gasteiger partial charge in [-0.05, 0) is 50.2 Å². The molecular formula is C18H20N2O4. The summed E-state index contributed by atoms with van der Waals surface area (Å²) in [7, 11) is 0. The van der Waals surface area contributed by atoms with Crippen molar-refractivity contribution in [2.75, 3.05) is 23.8 Å². The molecule has 0 aliphatic heterocycles. The number of ether oxygens (including phenoxy) is 2. The number of nitrogens with one attached hydrogen (secondary N) is 2. The predicted molar refractivity (Wildman–Crippen MR) is 92.7 cm³/mol. The van der Waals surface area contributed by atoms with Gasteiger partial charge in [0.2, 0.25) is 0 Å². The van der Waals surface area contributed by atoms with Crippen LogP contribution in [0.15, 0.2) is 48.5 Å². The SMILES string of the molecule is CCOC(=O)Nc1ccc(NC(=O)c2ccccc2OCC)cc1. The van der Waals surface area contributed by atoms with E-state index in [2.05, 4.69) is 10.6 Å². The van der Waals surface area contributed by atoms with Gasteiger partial charge in [0, 0.05) is 11.4 Å². The maximum Gasteiger partial charge on any atom is 0.411 e. The quantitative estimate of drug-likeness (QED) is 0.843. The van der Waals surface area contributed by atoms with Crippen LogP contribution >= 0.6 is 0 Å². The van der Waals surface area contributed by atoms with Gasteiger partial charge in [0.1, 0.15) is 5.75 Å². The highest BCUT2D eigenvalue weighted by Crippen LogP contribution is 2.20. The molecule has 0 aromatic heterocycles. The Morgan fingerprint density at radius 3 is 2.12 bits per heavy atom. The van der Waals surface area contributed by atoms with Crippen LogP contribution in [0.5, 0.6) is 5.75 Å². The van der Waals surface area contributed by atoms with Gasteiger partial charge < -0.3 is 14.8 Å². The average molecular weight is 328 g/mol. The Morgan fingerprint density at radius 2 is 1.50 bits per heavy atom. The lowest BCUT2D eigenvalue weighted by Gasteiger charge is -2.11. The van der Waals surface area contributed by atoms with Gasteiger partial charge in [0.15, 0.2) is 0 Å². The first-order chi connectivity index (χ1) is 11.6. The van der Waals surface area contributed by atoms with Gasteiger partial charge in [-0.1, -0.05) is 12.1 Å². The van der Waals surface area contributed by atoms with Crippen molar-refractivity contribution in [1.29, 1.82) is 0 Å². The van der Waals surface area contributed by atoms with Gasteiger partial charge in [-0.25, -0.2) is 4.79 Å². The molecule has 0 aliphatic rings. The van der Waals surface area contributed by atoms with Gasteiger partial charge in [-0.2, -0.15) is 0 Å². The van der Waals surface area contributed by atoms with E-state index >= 15 is 0 Å². The van der Waals surface area contributed by atoms with Crippen LogP contribution in [0, 0.1) is 0 Å². The van der Waals surface area contributed by atoms with Gasteiger partial charge in [0.05, 0.1) is 18.8 Å². The summed E-state index contributed by atoms with van der Waals surface area (Å²) in [5, 5.41) is 5.39. The van der Waals surface area contributed by atoms with Crippen molar-refractivity contribution in [3.05, 3.63) is 54.1 Å². The number of carbonyl (C=O) groups is 2. The molecule has 2 aromatic carbocycles. The third kappa shape index (κ3) is 4.74. The molecule has 0 radical (unpaired) electrons. The molecule has 0 spiro atoms. The number of hydrogen-bond acceptors (Lipinski definition) is 4. The second kappa shape index (κ2) is 8.57. The standard InChI is InChI=1S/C18H20N2O4/c1-3-23-16-8-6-5-7-15(16)17(21)19-13-9-11-14(12-10-13)20-18(22)24-4-2/h5-12H,3-4H2,1-2H3,(H,19,21)(H,20,22). The zero-order valence-corrected chi connectivity index (χ0v) is 13.7. The molecule has 0 unspecified atom stereocenters. The predicted octanol–water partition coefficient (Wildman–Crippen LogP) is 3.91. The number of hydrogen-bond donors (Lipinski definition) is 2. The summed E-state index contributed by atoms with van der Waals surface area (Å²) in [6.45, 7) is 4.39. The Balaban J connectivity index is 2.03. The highest BCUT2D eigenvalue weighted by molar-refractivity contribution is 6.06. The summed E-state index contributed by atoms with van der Waals surface area (Å²) in [4.78, 5) is 23.7. The molecular weight excluding hydrogens is 308 g/mol. The molecule has 2 amide bonds. The minimum Gasteiger partial charge on any atom is -0.493 e. The maximum absolute atomic E-state index is 12.4. The molecule has 6 nitrogen and oxygen atoms in total. The van der Waals surface area contributed by atoms with E-state index < -0.39 is 6.09 Å². The van der Waals surface area contributed by atoms with Crippen LogP contribution in [0.2, 0.25) is 0 Å². The first-order valence-electron chi connectivity index (χ1n) is 7.71. The van der Waals surface area contributed by atoms with Crippen LogP contribution < -0.4 is 15.4 Å². The summed E-state index contributed by atoms with van der Waals surface area (Å²) in [5.41, 5.74) is 1.66. The van der Waals surface area contributed by atoms with Crippen molar-refractivity contribution in [2.45, 2.75) is 13.8 Å². The molecule has 0 fully saturated rings. The molecule has 0 saturated heterocycles. The van der Waals surface area contributed by atoms with E-state index in [1.165, 1.54) is 0 Å². The van der Waals surface area contributed by atoms with Crippen molar-refractivity contribution in [3.8, 4) is 5.75 Å². The number of anilines is 2. The first kappa shape index (κ1) is 17.3. The number of rotatable bonds is 6. The van der Waals surface area contributed by atoms with E-state index in [-0.39, 0.29) is 5.91 Å². The van der Waals surface area contributed by atoms with Gasteiger partial charge in [-0.3, -0.25) is 10.1 Å². The molecule has 24 heavy (non-hydrogen) atoms. The minimum absolute atomic E-state index is 0.259. The Labute approximate surface area is 140 Å². The van der Waals surface area contributed by atoms with Crippen molar-refractivity contribution < 1.29 is 19.1 Å². The molecule has 2 N–H and O–H groups in total. The maximum atomic E-state index is 12.4. The molecule has 0 atom stereocenters. The van der Waals surface area contributed by atoms with Crippen LogP contribution in [0.3, 0.4) is 0 Å². The number of benzene rings is 2.